The number of imide groups is 1. The third-order valence-corrected chi connectivity index (χ3v) is 4.72. The lowest BCUT2D eigenvalue weighted by atomic mass is 10.1. The summed E-state index contributed by atoms with van der Waals surface area (Å²) in [5, 5.41) is 11.7. The molecular formula is C17H13Cl2N3O4. The zero-order valence-corrected chi connectivity index (χ0v) is 15.1. The fourth-order valence-electron chi connectivity index (χ4n) is 2.76. The molecule has 134 valence electrons. The molecule has 0 radical (unpaired) electrons. The van der Waals surface area contributed by atoms with Crippen LogP contribution in [0.2, 0.25) is 10.0 Å². The lowest BCUT2D eigenvalue weighted by Gasteiger charge is -2.23. The highest BCUT2D eigenvalue weighted by Gasteiger charge is 2.37. The first-order valence-electron chi connectivity index (χ1n) is 7.55. The fourth-order valence-corrected chi connectivity index (χ4v) is 3.08. The van der Waals surface area contributed by atoms with Gasteiger partial charge in [-0.15, -0.1) is 0 Å². The van der Waals surface area contributed by atoms with Gasteiger partial charge in [-0.2, -0.15) is 0 Å². The number of hydrogen-bond acceptors (Lipinski definition) is 5. The van der Waals surface area contributed by atoms with Crippen molar-refractivity contribution in [1.29, 1.82) is 0 Å². The highest BCUT2D eigenvalue weighted by molar-refractivity contribution is 6.42. The number of carbonyl (C=O) groups excluding carboxylic acids is 2. The van der Waals surface area contributed by atoms with Crippen LogP contribution in [0, 0.1) is 10.1 Å². The van der Waals surface area contributed by atoms with E-state index in [9.17, 15) is 19.7 Å². The van der Waals surface area contributed by atoms with E-state index in [1.807, 2.05) is 0 Å². The molecule has 0 saturated heterocycles. The highest BCUT2D eigenvalue weighted by atomic mass is 35.5. The van der Waals surface area contributed by atoms with Gasteiger partial charge in [0.2, 0.25) is 0 Å². The Labute approximate surface area is 158 Å². The number of nitrogens with zero attached hydrogens (tertiary/aromatic N) is 3. The summed E-state index contributed by atoms with van der Waals surface area (Å²) in [7, 11) is 1.74. The van der Waals surface area contributed by atoms with Crippen LogP contribution in [0.3, 0.4) is 0 Å². The largest absolute Gasteiger partial charge is 0.284 e. The monoisotopic (exact) mass is 393 g/mol. The Bertz CT molecular complexity index is 932. The molecule has 0 spiro atoms. The van der Waals surface area contributed by atoms with Gasteiger partial charge < -0.3 is 0 Å². The molecule has 0 N–H and O–H groups in total. The number of fused-ring (bicyclic) bond motifs is 1. The van der Waals surface area contributed by atoms with Crippen LogP contribution in [0.15, 0.2) is 36.4 Å². The Morgan fingerprint density at radius 1 is 1.04 bits per heavy atom. The molecule has 7 nitrogen and oxygen atoms in total. The summed E-state index contributed by atoms with van der Waals surface area (Å²) in [6.45, 7) is 0.477. The van der Waals surface area contributed by atoms with E-state index in [4.69, 9.17) is 23.2 Å². The molecule has 1 aliphatic rings. The minimum Gasteiger partial charge on any atom is -0.284 e. The van der Waals surface area contributed by atoms with Crippen molar-refractivity contribution in [3.63, 3.8) is 0 Å². The minimum atomic E-state index is -0.600. The van der Waals surface area contributed by atoms with Crippen molar-refractivity contribution >= 4 is 40.7 Å². The van der Waals surface area contributed by atoms with Gasteiger partial charge >= 0.3 is 0 Å². The number of non-ortho nitro benzene ring substituents is 1. The van der Waals surface area contributed by atoms with E-state index in [1.165, 1.54) is 12.1 Å². The summed E-state index contributed by atoms with van der Waals surface area (Å²) in [5.74, 6) is -1.02. The zero-order chi connectivity index (χ0) is 19.0. The van der Waals surface area contributed by atoms with Crippen molar-refractivity contribution in [3.05, 3.63) is 73.2 Å². The predicted molar refractivity (Wildman–Crippen MR) is 96.4 cm³/mol. The van der Waals surface area contributed by atoms with Crippen LogP contribution >= 0.6 is 23.2 Å². The standard InChI is InChI=1S/C17H13Cl2N3O4/c1-20(8-10-2-5-14(18)15(19)6-10)9-21-16(23)12-4-3-11(22(25)26)7-13(12)17(21)24/h2-7H,8-9H2,1H3. The number of benzene rings is 2. The molecule has 0 saturated carbocycles. The van der Waals surface area contributed by atoms with E-state index < -0.39 is 16.7 Å². The van der Waals surface area contributed by atoms with Gasteiger partial charge in [0.1, 0.15) is 0 Å². The summed E-state index contributed by atoms with van der Waals surface area (Å²) in [5.41, 5.74) is 0.862. The van der Waals surface area contributed by atoms with E-state index in [1.54, 1.807) is 30.1 Å². The van der Waals surface area contributed by atoms with Gasteiger partial charge in [0.05, 0.1) is 32.8 Å². The molecule has 0 aromatic heterocycles. The number of amides is 2. The van der Waals surface area contributed by atoms with Crippen molar-refractivity contribution < 1.29 is 14.5 Å². The van der Waals surface area contributed by atoms with Crippen LogP contribution in [0.5, 0.6) is 0 Å². The summed E-state index contributed by atoms with van der Waals surface area (Å²) in [4.78, 5) is 38.0. The SMILES string of the molecule is CN(Cc1ccc(Cl)c(Cl)c1)CN1C(=O)c2ccc([N+](=O)[O-])cc2C1=O. The number of carbonyl (C=O) groups is 2. The van der Waals surface area contributed by atoms with Crippen molar-refractivity contribution in [2.75, 3.05) is 13.7 Å². The minimum absolute atomic E-state index is 0.0421. The second kappa shape index (κ2) is 7.03. The van der Waals surface area contributed by atoms with Gasteiger partial charge in [0, 0.05) is 18.7 Å². The molecule has 2 aromatic rings. The van der Waals surface area contributed by atoms with Gasteiger partial charge in [0.25, 0.3) is 17.5 Å². The maximum Gasteiger partial charge on any atom is 0.270 e. The highest BCUT2D eigenvalue weighted by Crippen LogP contribution is 2.27. The van der Waals surface area contributed by atoms with Gasteiger partial charge in [-0.3, -0.25) is 29.5 Å². The van der Waals surface area contributed by atoms with Crippen LogP contribution in [0.25, 0.3) is 0 Å². The van der Waals surface area contributed by atoms with E-state index in [0.29, 0.717) is 16.6 Å². The van der Waals surface area contributed by atoms with E-state index in [2.05, 4.69) is 0 Å². The molecule has 2 aromatic carbocycles. The van der Waals surface area contributed by atoms with Gasteiger partial charge in [-0.05, 0) is 30.8 Å². The van der Waals surface area contributed by atoms with E-state index >= 15 is 0 Å². The van der Waals surface area contributed by atoms with Gasteiger partial charge in [0.15, 0.2) is 0 Å². The Morgan fingerprint density at radius 2 is 1.73 bits per heavy atom. The molecule has 1 aliphatic heterocycles. The Balaban J connectivity index is 1.75. The smallest absolute Gasteiger partial charge is 0.270 e. The number of nitro groups is 1. The number of nitro benzene ring substituents is 1. The molecule has 3 rings (SSSR count). The third kappa shape index (κ3) is 3.41. The summed E-state index contributed by atoms with van der Waals surface area (Å²) in [6, 6.07) is 8.85. The third-order valence-electron chi connectivity index (χ3n) is 3.98. The second-order valence-electron chi connectivity index (χ2n) is 5.93. The first kappa shape index (κ1) is 18.3. The molecule has 2 amide bonds. The van der Waals surface area contributed by atoms with Crippen molar-refractivity contribution in [2.24, 2.45) is 0 Å². The van der Waals surface area contributed by atoms with Crippen LogP contribution in [0.4, 0.5) is 5.69 Å². The van der Waals surface area contributed by atoms with Gasteiger partial charge in [-0.1, -0.05) is 29.3 Å². The zero-order valence-electron chi connectivity index (χ0n) is 13.6. The van der Waals surface area contributed by atoms with Crippen molar-refractivity contribution in [2.45, 2.75) is 6.54 Å². The van der Waals surface area contributed by atoms with Gasteiger partial charge in [-0.25, -0.2) is 0 Å². The van der Waals surface area contributed by atoms with Crippen molar-refractivity contribution in [3.8, 4) is 0 Å². The molecule has 9 heteroatoms. The summed E-state index contributed by atoms with van der Waals surface area (Å²) < 4.78 is 0. The molecule has 0 unspecified atom stereocenters. The first-order valence-corrected chi connectivity index (χ1v) is 8.30. The van der Waals surface area contributed by atoms with Crippen molar-refractivity contribution in [1.82, 2.24) is 9.80 Å². The molecule has 0 atom stereocenters. The van der Waals surface area contributed by atoms with Crippen LogP contribution < -0.4 is 0 Å². The average molecular weight is 394 g/mol. The Kier molecular flexibility index (Phi) is 4.95. The van der Waals surface area contributed by atoms with Crippen LogP contribution in [-0.4, -0.2) is 40.3 Å². The average Bonchev–Trinajstić information content (AvgIpc) is 2.82. The van der Waals surface area contributed by atoms with Crippen LogP contribution in [-0.2, 0) is 6.54 Å². The summed E-state index contributed by atoms with van der Waals surface area (Å²) >= 11 is 11.9. The lowest BCUT2D eigenvalue weighted by Crippen LogP contribution is -2.39. The molecular weight excluding hydrogens is 381 g/mol. The molecule has 1 heterocycles. The topological polar surface area (TPSA) is 83.8 Å². The molecule has 0 bridgehead atoms. The Hall–Kier alpha value is -2.48. The normalized spacial score (nSPS) is 13.5. The number of hydrogen-bond donors (Lipinski definition) is 0. The van der Waals surface area contributed by atoms with E-state index in [-0.39, 0.29) is 23.5 Å². The molecule has 0 aliphatic carbocycles. The summed E-state index contributed by atoms with van der Waals surface area (Å²) in [6.07, 6.45) is 0. The molecule has 0 fully saturated rings. The fraction of sp³-hybridized carbons (Fsp3) is 0.176. The molecule has 26 heavy (non-hydrogen) atoms. The number of halogens is 2. The Morgan fingerprint density at radius 3 is 2.38 bits per heavy atom. The van der Waals surface area contributed by atoms with Crippen LogP contribution in [0.1, 0.15) is 26.3 Å². The first-order chi connectivity index (χ1) is 12.3. The maximum atomic E-state index is 12.5. The predicted octanol–water partition coefficient (Wildman–Crippen LogP) is 3.59. The quantitative estimate of drug-likeness (QED) is 0.440. The maximum absolute atomic E-state index is 12.5. The second-order valence-corrected chi connectivity index (χ2v) is 6.74. The lowest BCUT2D eigenvalue weighted by molar-refractivity contribution is -0.384. The van der Waals surface area contributed by atoms with E-state index in [0.717, 1.165) is 16.5 Å². The number of rotatable bonds is 5.